The lowest BCUT2D eigenvalue weighted by molar-refractivity contribution is 0.508. The molecule has 1 aromatic heterocycles. The second kappa shape index (κ2) is 10.1. The number of nitriles is 1. The molecule has 0 aliphatic carbocycles. The Morgan fingerprint density at radius 2 is 1.58 bits per heavy atom. The van der Waals surface area contributed by atoms with Gasteiger partial charge in [0.15, 0.2) is 17.5 Å². The molecule has 0 fully saturated rings. The van der Waals surface area contributed by atoms with Gasteiger partial charge in [0, 0.05) is 18.3 Å². The first-order valence-corrected chi connectivity index (χ1v) is 10.9. The fourth-order valence-electron chi connectivity index (χ4n) is 3.89. The van der Waals surface area contributed by atoms with Gasteiger partial charge in [-0.3, -0.25) is 0 Å². The van der Waals surface area contributed by atoms with Crippen molar-refractivity contribution in [2.24, 2.45) is 4.99 Å². The van der Waals surface area contributed by atoms with Gasteiger partial charge in [0.2, 0.25) is 0 Å². The molecule has 3 nitrogen and oxygen atoms in total. The number of benzene rings is 3. The number of aliphatic imine (C=N–C) groups is 1. The van der Waals surface area contributed by atoms with E-state index in [1.54, 1.807) is 0 Å². The van der Waals surface area contributed by atoms with Crippen molar-refractivity contribution >= 4 is 12.0 Å². The van der Waals surface area contributed by atoms with Crippen LogP contribution in [0.15, 0.2) is 83.9 Å². The number of hydrogen-bond donors (Lipinski definition) is 0. The van der Waals surface area contributed by atoms with E-state index in [-0.39, 0.29) is 0 Å². The van der Waals surface area contributed by atoms with Crippen molar-refractivity contribution in [3.8, 4) is 28.5 Å². The summed E-state index contributed by atoms with van der Waals surface area (Å²) in [4.78, 5) is 4.63. The maximum Gasteiger partial charge on any atom is 0.159 e. The third-order valence-corrected chi connectivity index (χ3v) is 5.47. The minimum atomic E-state index is -0.934. The average Bonchev–Trinajstić information content (AvgIpc) is 3.17. The Hall–Kier alpha value is -4.04. The van der Waals surface area contributed by atoms with E-state index < -0.39 is 11.6 Å². The Labute approximate surface area is 192 Å². The maximum atomic E-state index is 13.7. The van der Waals surface area contributed by atoms with E-state index in [0.717, 1.165) is 47.4 Å². The fourth-order valence-corrected chi connectivity index (χ4v) is 3.89. The van der Waals surface area contributed by atoms with Crippen LogP contribution in [0.1, 0.15) is 30.9 Å². The first-order chi connectivity index (χ1) is 16.1. The summed E-state index contributed by atoms with van der Waals surface area (Å²) in [6.07, 6.45) is 3.35. The molecule has 5 heteroatoms. The molecule has 0 aliphatic rings. The first-order valence-electron chi connectivity index (χ1n) is 10.9. The van der Waals surface area contributed by atoms with Crippen molar-refractivity contribution in [2.75, 3.05) is 0 Å². The molecule has 0 radical (unpaired) electrons. The molecule has 0 aliphatic heterocycles. The highest BCUT2D eigenvalue weighted by Crippen LogP contribution is 2.42. The zero-order valence-corrected chi connectivity index (χ0v) is 18.3. The standard InChI is InChI=1S/C28H23F2N3/c1-2-3-16-33-27(22-12-8-5-9-13-22)26(21-10-6-4-7-11-21)23(18-31)28(33)32-19-20-14-15-24(29)25(30)17-20/h4-15,17,19H,2-3,16H2,1H3/b32-19+. The third-order valence-electron chi connectivity index (χ3n) is 5.47. The minimum absolute atomic E-state index is 0.420. The van der Waals surface area contributed by atoms with Crippen molar-refractivity contribution in [2.45, 2.75) is 26.3 Å². The maximum absolute atomic E-state index is 13.7. The van der Waals surface area contributed by atoms with Crippen LogP contribution in [0, 0.1) is 23.0 Å². The van der Waals surface area contributed by atoms with Gasteiger partial charge in [-0.2, -0.15) is 5.26 Å². The van der Waals surface area contributed by atoms with Gasteiger partial charge < -0.3 is 4.57 Å². The summed E-state index contributed by atoms with van der Waals surface area (Å²) in [7, 11) is 0. The molecule has 33 heavy (non-hydrogen) atoms. The second-order valence-electron chi connectivity index (χ2n) is 7.70. The normalized spacial score (nSPS) is 11.1. The summed E-state index contributed by atoms with van der Waals surface area (Å²) >= 11 is 0. The quantitative estimate of drug-likeness (QED) is 0.275. The molecule has 0 spiro atoms. The molecule has 4 aromatic rings. The summed E-state index contributed by atoms with van der Waals surface area (Å²) in [6, 6.07) is 25.7. The second-order valence-corrected chi connectivity index (χ2v) is 7.70. The molecule has 1 heterocycles. The number of nitrogens with zero attached hydrogens (tertiary/aromatic N) is 3. The number of rotatable bonds is 7. The van der Waals surface area contributed by atoms with E-state index in [9.17, 15) is 14.0 Å². The molecule has 0 saturated heterocycles. The number of unbranched alkanes of at least 4 members (excludes halogenated alkanes) is 1. The summed E-state index contributed by atoms with van der Waals surface area (Å²) in [5, 5.41) is 10.2. The topological polar surface area (TPSA) is 41.1 Å². The predicted octanol–water partition coefficient (Wildman–Crippen LogP) is 7.52. The lowest BCUT2D eigenvalue weighted by Gasteiger charge is -2.13. The smallest absolute Gasteiger partial charge is 0.159 e. The van der Waals surface area contributed by atoms with Crippen LogP contribution in [0.2, 0.25) is 0 Å². The molecular weight excluding hydrogens is 416 g/mol. The number of aromatic nitrogens is 1. The van der Waals surface area contributed by atoms with Crippen LogP contribution in [0.3, 0.4) is 0 Å². The van der Waals surface area contributed by atoms with E-state index in [1.807, 2.05) is 60.7 Å². The molecule has 0 bridgehead atoms. The van der Waals surface area contributed by atoms with Gasteiger partial charge in [0.25, 0.3) is 0 Å². The summed E-state index contributed by atoms with van der Waals surface area (Å²) in [6.45, 7) is 2.78. The van der Waals surface area contributed by atoms with Crippen LogP contribution < -0.4 is 0 Å². The summed E-state index contributed by atoms with van der Waals surface area (Å²) in [5.41, 5.74) is 4.52. The van der Waals surface area contributed by atoms with Gasteiger partial charge in [0.05, 0.1) is 5.69 Å². The molecule has 0 N–H and O–H groups in total. The molecule has 0 saturated carbocycles. The zero-order valence-electron chi connectivity index (χ0n) is 18.3. The Kier molecular flexibility index (Phi) is 6.75. The Bertz CT molecular complexity index is 1320. The monoisotopic (exact) mass is 439 g/mol. The Balaban J connectivity index is 1.98. The van der Waals surface area contributed by atoms with Crippen LogP contribution in [-0.4, -0.2) is 10.8 Å². The van der Waals surface area contributed by atoms with Gasteiger partial charge in [-0.25, -0.2) is 13.8 Å². The predicted molar refractivity (Wildman–Crippen MR) is 129 cm³/mol. The van der Waals surface area contributed by atoms with Gasteiger partial charge >= 0.3 is 0 Å². The number of halogens is 2. The van der Waals surface area contributed by atoms with Crippen LogP contribution in [-0.2, 0) is 6.54 Å². The molecule has 4 rings (SSSR count). The van der Waals surface area contributed by atoms with E-state index >= 15 is 0 Å². The van der Waals surface area contributed by atoms with Crippen molar-refractivity contribution in [1.82, 2.24) is 4.57 Å². The van der Waals surface area contributed by atoms with Crippen molar-refractivity contribution in [3.05, 3.63) is 102 Å². The van der Waals surface area contributed by atoms with Gasteiger partial charge in [-0.05, 0) is 35.2 Å². The van der Waals surface area contributed by atoms with Crippen molar-refractivity contribution < 1.29 is 8.78 Å². The van der Waals surface area contributed by atoms with Gasteiger partial charge in [-0.1, -0.05) is 80.1 Å². The average molecular weight is 440 g/mol. The molecule has 164 valence electrons. The molecular formula is C28H23F2N3. The van der Waals surface area contributed by atoms with Crippen LogP contribution in [0.25, 0.3) is 22.4 Å². The molecule has 0 unspecified atom stereocenters. The summed E-state index contributed by atoms with van der Waals surface area (Å²) < 4.78 is 29.1. The highest BCUT2D eigenvalue weighted by atomic mass is 19.2. The van der Waals surface area contributed by atoms with Crippen LogP contribution in [0.5, 0.6) is 0 Å². The van der Waals surface area contributed by atoms with Crippen LogP contribution in [0.4, 0.5) is 14.6 Å². The SMILES string of the molecule is CCCCn1c(/N=C/c2ccc(F)c(F)c2)c(C#N)c(-c2ccccc2)c1-c1ccccc1. The fraction of sp³-hybridized carbons (Fsp3) is 0.143. The molecule has 0 atom stereocenters. The van der Waals surface area contributed by atoms with E-state index in [0.29, 0.717) is 23.5 Å². The Morgan fingerprint density at radius 1 is 0.909 bits per heavy atom. The van der Waals surface area contributed by atoms with E-state index in [2.05, 4.69) is 22.6 Å². The summed E-state index contributed by atoms with van der Waals surface area (Å²) in [5.74, 6) is -1.34. The highest BCUT2D eigenvalue weighted by Gasteiger charge is 2.24. The van der Waals surface area contributed by atoms with Crippen molar-refractivity contribution in [1.29, 1.82) is 5.26 Å². The lowest BCUT2D eigenvalue weighted by Crippen LogP contribution is -2.01. The third kappa shape index (κ3) is 4.61. The molecule has 3 aromatic carbocycles. The van der Waals surface area contributed by atoms with E-state index in [1.165, 1.54) is 12.3 Å². The first kappa shape index (κ1) is 22.2. The van der Waals surface area contributed by atoms with Gasteiger partial charge in [0.1, 0.15) is 11.6 Å². The van der Waals surface area contributed by atoms with Gasteiger partial charge in [-0.15, -0.1) is 0 Å². The number of hydrogen-bond acceptors (Lipinski definition) is 2. The lowest BCUT2D eigenvalue weighted by atomic mass is 9.98. The Morgan fingerprint density at radius 3 is 2.18 bits per heavy atom. The highest BCUT2D eigenvalue weighted by molar-refractivity contribution is 5.92. The van der Waals surface area contributed by atoms with Crippen LogP contribution >= 0.6 is 0 Å². The molecule has 0 amide bonds. The largest absolute Gasteiger partial charge is 0.324 e. The zero-order chi connectivity index (χ0) is 23.2. The minimum Gasteiger partial charge on any atom is -0.324 e. The van der Waals surface area contributed by atoms with E-state index in [4.69, 9.17) is 0 Å². The van der Waals surface area contributed by atoms with Crippen molar-refractivity contribution in [3.63, 3.8) is 0 Å².